The zero-order valence-corrected chi connectivity index (χ0v) is 20.6. The second-order valence-corrected chi connectivity index (χ2v) is 9.29. The van der Waals surface area contributed by atoms with Crippen LogP contribution >= 0.6 is 0 Å². The largest absolute Gasteiger partial charge is 0.494 e. The molecule has 5 nitrogen and oxygen atoms in total. The molecule has 0 saturated carbocycles. The topological polar surface area (TPSA) is 59.8 Å². The Morgan fingerprint density at radius 3 is 2.47 bits per heavy atom. The van der Waals surface area contributed by atoms with Crippen molar-refractivity contribution in [2.75, 3.05) is 11.5 Å². The van der Waals surface area contributed by atoms with Crippen LogP contribution in [0.1, 0.15) is 65.0 Å². The average Bonchev–Trinajstić information content (AvgIpc) is 3.16. The molecule has 1 atom stereocenters. The van der Waals surface area contributed by atoms with Crippen LogP contribution in [0.4, 0.5) is 10.1 Å². The van der Waals surface area contributed by atoms with Crippen LogP contribution in [-0.4, -0.2) is 12.5 Å². The number of benzene rings is 3. The van der Waals surface area contributed by atoms with E-state index in [1.807, 2.05) is 44.2 Å². The first-order valence-electron chi connectivity index (χ1n) is 12.3. The van der Waals surface area contributed by atoms with Crippen LogP contribution in [0.25, 0.3) is 11.0 Å². The molecule has 184 valence electrons. The fourth-order valence-corrected chi connectivity index (χ4v) is 4.73. The molecule has 3 aromatic carbocycles. The zero-order chi connectivity index (χ0) is 25.4. The summed E-state index contributed by atoms with van der Waals surface area (Å²) in [5.41, 5.74) is 3.54. The number of aryl methyl sites for hydroxylation is 2. The van der Waals surface area contributed by atoms with Crippen LogP contribution in [0, 0.1) is 19.7 Å². The van der Waals surface area contributed by atoms with Gasteiger partial charge in [-0.05, 0) is 85.5 Å². The Kier molecular flexibility index (Phi) is 6.35. The highest BCUT2D eigenvalue weighted by atomic mass is 19.1. The highest BCUT2D eigenvalue weighted by Gasteiger charge is 2.43. The van der Waals surface area contributed by atoms with Crippen LogP contribution in [0.15, 0.2) is 69.9 Å². The lowest BCUT2D eigenvalue weighted by Gasteiger charge is -2.25. The summed E-state index contributed by atoms with van der Waals surface area (Å²) in [6, 6.07) is 16.0. The van der Waals surface area contributed by atoms with Gasteiger partial charge in [-0.2, -0.15) is 0 Å². The molecule has 1 unspecified atom stereocenters. The molecule has 0 bridgehead atoms. The van der Waals surface area contributed by atoms with Gasteiger partial charge < -0.3 is 9.15 Å². The highest BCUT2D eigenvalue weighted by molar-refractivity contribution is 6.10. The second-order valence-electron chi connectivity index (χ2n) is 9.29. The van der Waals surface area contributed by atoms with Gasteiger partial charge in [-0.3, -0.25) is 14.5 Å². The van der Waals surface area contributed by atoms with Gasteiger partial charge in [-0.1, -0.05) is 31.9 Å². The van der Waals surface area contributed by atoms with E-state index in [0.717, 1.165) is 36.0 Å². The molecule has 2 heterocycles. The quantitative estimate of drug-likeness (QED) is 0.268. The average molecular weight is 486 g/mol. The fourth-order valence-electron chi connectivity index (χ4n) is 4.73. The van der Waals surface area contributed by atoms with Gasteiger partial charge in [0.25, 0.3) is 5.91 Å². The first-order valence-corrected chi connectivity index (χ1v) is 12.3. The van der Waals surface area contributed by atoms with Gasteiger partial charge in [-0.25, -0.2) is 4.39 Å². The van der Waals surface area contributed by atoms with Crippen LogP contribution in [0.3, 0.4) is 0 Å². The number of carbonyl (C=O) groups is 1. The van der Waals surface area contributed by atoms with Gasteiger partial charge in [-0.15, -0.1) is 0 Å². The molecule has 0 radical (unpaired) electrons. The van der Waals surface area contributed by atoms with Gasteiger partial charge in [0, 0.05) is 5.69 Å². The first-order chi connectivity index (χ1) is 17.4. The highest BCUT2D eigenvalue weighted by Crippen LogP contribution is 2.42. The van der Waals surface area contributed by atoms with E-state index in [1.165, 1.54) is 29.2 Å². The van der Waals surface area contributed by atoms with Crippen molar-refractivity contribution in [2.45, 2.75) is 46.1 Å². The van der Waals surface area contributed by atoms with E-state index in [9.17, 15) is 14.0 Å². The van der Waals surface area contributed by atoms with E-state index in [4.69, 9.17) is 9.15 Å². The molecular weight excluding hydrogens is 457 g/mol. The maximum atomic E-state index is 13.8. The minimum absolute atomic E-state index is 0.0133. The number of halogens is 1. The number of hydrogen-bond donors (Lipinski definition) is 0. The van der Waals surface area contributed by atoms with Gasteiger partial charge >= 0.3 is 0 Å². The van der Waals surface area contributed by atoms with Crippen molar-refractivity contribution in [1.82, 2.24) is 0 Å². The molecule has 0 saturated heterocycles. The lowest BCUT2D eigenvalue weighted by atomic mass is 9.97. The van der Waals surface area contributed by atoms with Crippen molar-refractivity contribution >= 4 is 22.6 Å². The maximum absolute atomic E-state index is 13.8. The number of nitrogens with zero attached hydrogens (tertiary/aromatic N) is 1. The number of rotatable bonds is 7. The minimum Gasteiger partial charge on any atom is -0.494 e. The Hall–Kier alpha value is -3.93. The van der Waals surface area contributed by atoms with Crippen LogP contribution in [-0.2, 0) is 0 Å². The fraction of sp³-hybridized carbons (Fsp3) is 0.267. The number of carbonyl (C=O) groups excluding carboxylic acids is 1. The van der Waals surface area contributed by atoms with Crippen LogP contribution in [0.2, 0.25) is 0 Å². The number of amides is 1. The number of ether oxygens (including phenoxy) is 1. The van der Waals surface area contributed by atoms with Gasteiger partial charge in [0.15, 0.2) is 5.43 Å². The maximum Gasteiger partial charge on any atom is 0.295 e. The van der Waals surface area contributed by atoms with Gasteiger partial charge in [0.05, 0.1) is 23.6 Å². The Morgan fingerprint density at radius 2 is 1.72 bits per heavy atom. The van der Waals surface area contributed by atoms with Gasteiger partial charge in [0.2, 0.25) is 5.76 Å². The Bertz CT molecular complexity index is 1510. The summed E-state index contributed by atoms with van der Waals surface area (Å²) in [5.74, 6) is -0.166. The van der Waals surface area contributed by atoms with Crippen molar-refractivity contribution in [3.63, 3.8) is 0 Å². The Morgan fingerprint density at radius 1 is 0.972 bits per heavy atom. The summed E-state index contributed by atoms with van der Waals surface area (Å²) in [6.07, 6.45) is 3.12. The number of unbranched alkanes of at least 4 members (excludes halogenated alkanes) is 2. The molecule has 0 fully saturated rings. The lowest BCUT2D eigenvalue weighted by molar-refractivity contribution is 0.0971. The van der Waals surface area contributed by atoms with E-state index >= 15 is 0 Å². The van der Waals surface area contributed by atoms with Crippen molar-refractivity contribution in [2.24, 2.45) is 0 Å². The molecule has 0 spiro atoms. The molecule has 1 aliphatic heterocycles. The van der Waals surface area contributed by atoms with Crippen LogP contribution < -0.4 is 15.1 Å². The number of hydrogen-bond acceptors (Lipinski definition) is 4. The van der Waals surface area contributed by atoms with Gasteiger partial charge in [0.1, 0.15) is 17.1 Å². The second kappa shape index (κ2) is 9.61. The Balaban J connectivity index is 1.68. The molecule has 6 heteroatoms. The predicted octanol–water partition coefficient (Wildman–Crippen LogP) is 6.87. The summed E-state index contributed by atoms with van der Waals surface area (Å²) in [6.45, 7) is 6.60. The first kappa shape index (κ1) is 23.8. The predicted molar refractivity (Wildman–Crippen MR) is 138 cm³/mol. The standard InChI is InChI=1S/C30H28FNO4/c1-4-5-6-14-35-23-9-7-8-20(17-23)27-26-28(33)24-15-18(2)19(3)16-25(24)36-29(26)30(34)32(27)22-12-10-21(31)11-13-22/h7-13,15-17,27H,4-6,14H2,1-3H3. The third kappa shape index (κ3) is 4.17. The molecule has 5 rings (SSSR count). The third-order valence-electron chi connectivity index (χ3n) is 6.78. The normalized spacial score (nSPS) is 14.9. The lowest BCUT2D eigenvalue weighted by Crippen LogP contribution is -2.29. The van der Waals surface area contributed by atoms with E-state index in [0.29, 0.717) is 29.0 Å². The molecule has 1 aromatic heterocycles. The van der Waals surface area contributed by atoms with E-state index in [1.54, 1.807) is 6.07 Å². The number of fused-ring (bicyclic) bond motifs is 2. The van der Waals surface area contributed by atoms with Crippen LogP contribution in [0.5, 0.6) is 5.75 Å². The van der Waals surface area contributed by atoms with E-state index < -0.39 is 17.8 Å². The molecule has 36 heavy (non-hydrogen) atoms. The molecular formula is C30H28FNO4. The minimum atomic E-state index is -0.737. The van der Waals surface area contributed by atoms with Crippen molar-refractivity contribution < 1.29 is 18.3 Å². The summed E-state index contributed by atoms with van der Waals surface area (Å²) < 4.78 is 25.8. The van der Waals surface area contributed by atoms with Crippen molar-refractivity contribution in [1.29, 1.82) is 0 Å². The summed E-state index contributed by atoms with van der Waals surface area (Å²) in [7, 11) is 0. The monoisotopic (exact) mass is 485 g/mol. The third-order valence-corrected chi connectivity index (χ3v) is 6.78. The zero-order valence-electron chi connectivity index (χ0n) is 20.6. The summed E-state index contributed by atoms with van der Waals surface area (Å²) in [4.78, 5) is 29.1. The molecule has 0 aliphatic carbocycles. The van der Waals surface area contributed by atoms with E-state index in [-0.39, 0.29) is 16.8 Å². The Labute approximate surface area is 209 Å². The molecule has 4 aromatic rings. The molecule has 0 N–H and O–H groups in total. The summed E-state index contributed by atoms with van der Waals surface area (Å²) in [5, 5.41) is 0.433. The van der Waals surface area contributed by atoms with E-state index in [2.05, 4.69) is 6.92 Å². The molecule has 1 aliphatic rings. The SMILES string of the molecule is CCCCCOc1cccc(C2c3c(oc4cc(C)c(C)cc4c3=O)C(=O)N2c2ccc(F)cc2)c1. The van der Waals surface area contributed by atoms with Crippen molar-refractivity contribution in [3.8, 4) is 5.75 Å². The summed E-state index contributed by atoms with van der Waals surface area (Å²) >= 11 is 0. The number of anilines is 1. The molecule has 1 amide bonds. The smallest absolute Gasteiger partial charge is 0.295 e. The van der Waals surface area contributed by atoms with Crippen molar-refractivity contribution in [3.05, 3.63) is 105 Å².